The van der Waals surface area contributed by atoms with E-state index in [9.17, 15) is 4.79 Å². The van der Waals surface area contributed by atoms with Crippen LogP contribution in [0.5, 0.6) is 0 Å². The predicted molar refractivity (Wildman–Crippen MR) is 118 cm³/mol. The topological polar surface area (TPSA) is 84.3 Å². The maximum atomic E-state index is 12.6. The molecule has 30 heavy (non-hydrogen) atoms. The van der Waals surface area contributed by atoms with Crippen molar-refractivity contribution in [2.75, 3.05) is 34.4 Å². The van der Waals surface area contributed by atoms with Gasteiger partial charge >= 0.3 is 0 Å². The fourth-order valence-corrected chi connectivity index (χ4v) is 4.05. The summed E-state index contributed by atoms with van der Waals surface area (Å²) < 4.78 is 30.0. The second-order valence-electron chi connectivity index (χ2n) is 8.67. The van der Waals surface area contributed by atoms with Gasteiger partial charge in [0.15, 0.2) is 14.4 Å². The molecule has 11 heteroatoms. The minimum absolute atomic E-state index is 0.00446. The van der Waals surface area contributed by atoms with Crippen molar-refractivity contribution >= 4 is 31.6 Å². The zero-order valence-corrected chi connectivity index (χ0v) is 20.6. The first kappa shape index (κ1) is 24.9. The molecule has 0 radical (unpaired) electrons. The first-order chi connectivity index (χ1) is 14.0. The van der Waals surface area contributed by atoms with E-state index in [0.717, 1.165) is 0 Å². The largest absolute Gasteiger partial charge is 0.462 e. The average molecular weight is 460 g/mol. The zero-order chi connectivity index (χ0) is 22.5. The Morgan fingerprint density at radius 3 is 2.53 bits per heavy atom. The summed E-state index contributed by atoms with van der Waals surface area (Å²) in [4.78, 5) is 18.1. The van der Waals surface area contributed by atoms with Gasteiger partial charge in [0.1, 0.15) is 32.0 Å². The van der Waals surface area contributed by atoms with E-state index in [1.165, 1.54) is 14.2 Å². The van der Waals surface area contributed by atoms with Gasteiger partial charge in [-0.25, -0.2) is 4.98 Å². The number of imidazole rings is 1. The molecule has 0 spiro atoms. The molecule has 3 atom stereocenters. The normalized spacial score (nSPS) is 20.8. The maximum Gasteiger partial charge on any atom is 0.269 e. The van der Waals surface area contributed by atoms with Crippen LogP contribution in [-0.2, 0) is 28.2 Å². The summed E-state index contributed by atoms with van der Waals surface area (Å²) in [5, 5.41) is 0.245. The van der Waals surface area contributed by atoms with Crippen LogP contribution in [0.15, 0.2) is 18.7 Å². The number of nitrogens with zero attached hydrogens (tertiary/aromatic N) is 3. The lowest BCUT2D eigenvalue weighted by molar-refractivity contribution is -0.208. The molecule has 0 unspecified atom stereocenters. The Kier molecular flexibility index (Phi) is 8.54. The number of hydrogen-bond acceptors (Lipinski definition) is 8. The number of carbonyl (C=O) groups is 1. The van der Waals surface area contributed by atoms with Gasteiger partial charge < -0.3 is 28.3 Å². The van der Waals surface area contributed by atoms with Crippen molar-refractivity contribution < 1.29 is 28.2 Å². The van der Waals surface area contributed by atoms with Gasteiger partial charge in [0.05, 0.1) is 6.61 Å². The van der Waals surface area contributed by atoms with Crippen molar-refractivity contribution in [3.63, 3.8) is 0 Å². The summed E-state index contributed by atoms with van der Waals surface area (Å²) >= 11 is 5.44. The van der Waals surface area contributed by atoms with Gasteiger partial charge in [0.2, 0.25) is 0 Å². The molecule has 1 aliphatic rings. The summed E-state index contributed by atoms with van der Waals surface area (Å²) in [5.41, 5.74) is 0. The van der Waals surface area contributed by atoms with Crippen LogP contribution in [0.4, 0.5) is 0 Å². The number of rotatable bonds is 10. The van der Waals surface area contributed by atoms with E-state index in [1.807, 2.05) is 0 Å². The number of amides is 1. The Morgan fingerprint density at radius 2 is 2.00 bits per heavy atom. The highest BCUT2D eigenvalue weighted by molar-refractivity contribution is 7.80. The Balaban J connectivity index is 2.25. The summed E-state index contributed by atoms with van der Waals surface area (Å²) in [6.07, 6.45) is 3.60. The van der Waals surface area contributed by atoms with Crippen LogP contribution in [0.1, 0.15) is 20.8 Å². The highest BCUT2D eigenvalue weighted by Gasteiger charge is 2.54. The molecule has 1 aromatic rings. The summed E-state index contributed by atoms with van der Waals surface area (Å²) in [6.45, 7) is 11.2. The van der Waals surface area contributed by atoms with Crippen LogP contribution >= 0.6 is 12.2 Å². The van der Waals surface area contributed by atoms with Crippen molar-refractivity contribution in [2.45, 2.75) is 57.2 Å². The maximum absolute atomic E-state index is 12.6. The minimum Gasteiger partial charge on any atom is -0.462 e. The molecule has 0 saturated carbocycles. The predicted octanol–water partition coefficient (Wildman–Crippen LogP) is 2.23. The molecule has 1 fully saturated rings. The lowest BCUT2D eigenvalue weighted by Crippen LogP contribution is -2.71. The molecular formula is C19H33N3O6SSi. The van der Waals surface area contributed by atoms with Crippen LogP contribution in [0, 0.1) is 0 Å². The van der Waals surface area contributed by atoms with Gasteiger partial charge in [-0.15, -0.1) is 0 Å². The minimum atomic E-state index is -2.07. The summed E-state index contributed by atoms with van der Waals surface area (Å²) in [6, 6.07) is -0.432. The van der Waals surface area contributed by atoms with E-state index in [-0.39, 0.29) is 36.3 Å². The van der Waals surface area contributed by atoms with E-state index >= 15 is 0 Å². The molecule has 1 aliphatic heterocycles. The van der Waals surface area contributed by atoms with Crippen molar-refractivity contribution in [2.24, 2.45) is 0 Å². The second-order valence-corrected chi connectivity index (χ2v) is 13.8. The molecule has 9 nitrogen and oxygen atoms in total. The molecule has 0 aliphatic carbocycles. The molecule has 0 aromatic carbocycles. The van der Waals surface area contributed by atoms with Gasteiger partial charge in [-0.05, 0) is 30.4 Å². The van der Waals surface area contributed by atoms with Gasteiger partial charge in [-0.1, -0.05) is 20.8 Å². The fraction of sp³-hybridized carbons (Fsp3) is 0.737. The molecule has 0 N–H and O–H groups in total. The third kappa shape index (κ3) is 5.65. The number of likely N-dealkylation sites (tertiary alicyclic amines) is 1. The Labute approximate surface area is 184 Å². The molecule has 2 rings (SSSR count). The number of hydrogen-bond donors (Lipinski definition) is 0. The first-order valence-electron chi connectivity index (χ1n) is 9.76. The van der Waals surface area contributed by atoms with Crippen molar-refractivity contribution in [3.05, 3.63) is 18.7 Å². The number of methoxy groups -OCH3 is 2. The smallest absolute Gasteiger partial charge is 0.269 e. The van der Waals surface area contributed by atoms with Crippen molar-refractivity contribution in [1.29, 1.82) is 0 Å². The number of thiocarbonyl (C=S) groups is 1. The second kappa shape index (κ2) is 10.3. The summed E-state index contributed by atoms with van der Waals surface area (Å²) in [5.74, 6) is -0.187. The van der Waals surface area contributed by atoms with Gasteiger partial charge in [0, 0.05) is 26.6 Å². The van der Waals surface area contributed by atoms with Gasteiger partial charge in [-0.2, -0.15) is 0 Å². The third-order valence-corrected chi connectivity index (χ3v) is 10.4. The molecule has 170 valence electrons. The SMILES string of the molecule is COCO[C@H]1C(=O)N(COC)[C@H]1[C@@H](CO[Si](C)(C)C(C)(C)C)OC(=S)n1ccnc1. The third-order valence-electron chi connectivity index (χ3n) is 5.59. The van der Waals surface area contributed by atoms with Crippen molar-refractivity contribution in [3.8, 4) is 0 Å². The standard InChI is InChI=1S/C19H33N3O6SSi/c1-19(2,3)30(6,7)27-10-14(28-18(29)21-9-8-20-11-21)15-16(26-13-25-5)17(23)22(15)12-24-4/h8-9,11,14-16H,10,12-13H2,1-7H3/t14-,15+,16-/m1/s1. The average Bonchev–Trinajstić information content (AvgIpc) is 3.21. The Morgan fingerprint density at radius 1 is 1.30 bits per heavy atom. The molecule has 0 bridgehead atoms. The zero-order valence-electron chi connectivity index (χ0n) is 18.8. The molecular weight excluding hydrogens is 426 g/mol. The van der Waals surface area contributed by atoms with E-state index in [0.29, 0.717) is 0 Å². The van der Waals surface area contributed by atoms with Crippen LogP contribution in [-0.4, -0.2) is 86.5 Å². The number of carbonyl (C=O) groups excluding carboxylic acids is 1. The highest BCUT2D eigenvalue weighted by Crippen LogP contribution is 2.37. The van der Waals surface area contributed by atoms with E-state index < -0.39 is 26.6 Å². The quantitative estimate of drug-likeness (QED) is 0.228. The van der Waals surface area contributed by atoms with Crippen LogP contribution in [0.25, 0.3) is 0 Å². The summed E-state index contributed by atoms with van der Waals surface area (Å²) in [7, 11) is 0.974. The molecule has 1 saturated heterocycles. The van der Waals surface area contributed by atoms with E-state index in [2.05, 4.69) is 38.8 Å². The number of aromatic nitrogens is 2. The number of ether oxygens (including phenoxy) is 4. The van der Waals surface area contributed by atoms with Gasteiger partial charge in [0.25, 0.3) is 11.1 Å². The van der Waals surface area contributed by atoms with Crippen LogP contribution < -0.4 is 0 Å². The molecule has 1 amide bonds. The van der Waals surface area contributed by atoms with Gasteiger partial charge in [-0.3, -0.25) is 9.36 Å². The Hall–Kier alpha value is -1.37. The first-order valence-corrected chi connectivity index (χ1v) is 13.1. The Bertz CT molecular complexity index is 710. The van der Waals surface area contributed by atoms with Crippen molar-refractivity contribution in [1.82, 2.24) is 14.5 Å². The van der Waals surface area contributed by atoms with Crippen LogP contribution in [0.2, 0.25) is 18.1 Å². The van der Waals surface area contributed by atoms with E-state index in [4.69, 9.17) is 35.6 Å². The number of β-lactam (4-membered cyclic amide) rings is 1. The van der Waals surface area contributed by atoms with Crippen LogP contribution in [0.3, 0.4) is 0 Å². The van der Waals surface area contributed by atoms with E-state index in [1.54, 1.807) is 28.2 Å². The monoisotopic (exact) mass is 459 g/mol. The molecule has 1 aromatic heterocycles. The lowest BCUT2D eigenvalue weighted by Gasteiger charge is -2.49. The molecule has 2 heterocycles. The fourth-order valence-electron chi connectivity index (χ4n) is 2.80. The highest BCUT2D eigenvalue weighted by atomic mass is 32.1. The lowest BCUT2D eigenvalue weighted by atomic mass is 9.93.